The Bertz CT molecular complexity index is 1380. The minimum Gasteiger partial charge on any atom is -0.497 e. The van der Waals surface area contributed by atoms with Gasteiger partial charge in [-0.1, -0.05) is 29.8 Å². The standard InChI is InChI=1S/C25H19ClN2O4/c1-31-16-10-7-14(8-11-16)22-21(17-5-3-4-6-19(17)27-22)25(24(30)32-2)23(29)18-12-9-15(26)13-20(18)28-25/h3-13,27-28H,1-2H3. The van der Waals surface area contributed by atoms with Crippen molar-refractivity contribution in [2.45, 2.75) is 5.54 Å². The van der Waals surface area contributed by atoms with Crippen LogP contribution in [0.1, 0.15) is 15.9 Å². The molecule has 1 aliphatic rings. The normalized spacial score (nSPS) is 17.2. The number of ether oxygens (including phenoxy) is 2. The van der Waals surface area contributed by atoms with E-state index in [1.165, 1.54) is 7.11 Å². The SMILES string of the molecule is COC(=O)C1(c2c(-c3ccc(OC)cc3)[nH]c3ccccc23)Nc2cc(Cl)ccc2C1=O. The molecule has 0 bridgehead atoms. The fourth-order valence-electron chi connectivity index (χ4n) is 4.36. The third-order valence-corrected chi connectivity index (χ3v) is 6.08. The molecule has 0 saturated carbocycles. The maximum atomic E-state index is 13.8. The zero-order chi connectivity index (χ0) is 22.5. The van der Waals surface area contributed by atoms with Crippen molar-refractivity contribution in [3.05, 3.63) is 82.9 Å². The zero-order valence-electron chi connectivity index (χ0n) is 17.4. The minimum atomic E-state index is -1.77. The van der Waals surface area contributed by atoms with E-state index in [9.17, 15) is 9.59 Å². The Morgan fingerprint density at radius 3 is 2.47 bits per heavy atom. The monoisotopic (exact) mass is 446 g/mol. The van der Waals surface area contributed by atoms with Crippen LogP contribution in [0.3, 0.4) is 0 Å². The summed E-state index contributed by atoms with van der Waals surface area (Å²) in [5.74, 6) is -0.393. The van der Waals surface area contributed by atoms with E-state index >= 15 is 0 Å². The van der Waals surface area contributed by atoms with Crippen LogP contribution in [-0.4, -0.2) is 31.0 Å². The summed E-state index contributed by atoms with van der Waals surface area (Å²) < 4.78 is 10.5. The maximum Gasteiger partial charge on any atom is 0.344 e. The first-order valence-electron chi connectivity index (χ1n) is 9.96. The molecule has 2 N–H and O–H groups in total. The van der Waals surface area contributed by atoms with E-state index in [1.807, 2.05) is 48.5 Å². The number of hydrogen-bond donors (Lipinski definition) is 2. The van der Waals surface area contributed by atoms with E-state index in [1.54, 1.807) is 25.3 Å². The number of methoxy groups -OCH3 is 2. The Hall–Kier alpha value is -3.77. The first-order chi connectivity index (χ1) is 15.5. The number of H-pyrrole nitrogens is 1. The van der Waals surface area contributed by atoms with Gasteiger partial charge in [-0.3, -0.25) is 4.79 Å². The molecule has 6 nitrogen and oxygen atoms in total. The van der Waals surface area contributed by atoms with Crippen molar-refractivity contribution in [1.29, 1.82) is 0 Å². The van der Waals surface area contributed by atoms with Crippen LogP contribution < -0.4 is 10.1 Å². The van der Waals surface area contributed by atoms with E-state index in [-0.39, 0.29) is 0 Å². The highest BCUT2D eigenvalue weighted by molar-refractivity contribution is 6.32. The van der Waals surface area contributed by atoms with Gasteiger partial charge in [0.25, 0.3) is 0 Å². The van der Waals surface area contributed by atoms with Gasteiger partial charge >= 0.3 is 5.97 Å². The summed E-state index contributed by atoms with van der Waals surface area (Å²) in [6, 6.07) is 19.8. The molecule has 0 spiro atoms. The lowest BCUT2D eigenvalue weighted by Crippen LogP contribution is -2.47. The molecule has 1 atom stereocenters. The number of rotatable bonds is 4. The summed E-state index contributed by atoms with van der Waals surface area (Å²) in [5, 5.41) is 4.36. The summed E-state index contributed by atoms with van der Waals surface area (Å²) in [6.45, 7) is 0. The molecule has 32 heavy (non-hydrogen) atoms. The number of anilines is 1. The van der Waals surface area contributed by atoms with Gasteiger partial charge in [0, 0.05) is 32.7 Å². The number of esters is 1. The second kappa shape index (κ2) is 7.43. The number of aromatic nitrogens is 1. The van der Waals surface area contributed by atoms with Crippen molar-refractivity contribution >= 4 is 39.9 Å². The first kappa shape index (κ1) is 20.2. The highest BCUT2D eigenvalue weighted by atomic mass is 35.5. The second-order valence-corrected chi connectivity index (χ2v) is 7.97. The van der Waals surface area contributed by atoms with Gasteiger partial charge in [-0.25, -0.2) is 4.79 Å². The molecular formula is C25H19ClN2O4. The molecule has 160 valence electrons. The maximum absolute atomic E-state index is 13.8. The lowest BCUT2D eigenvalue weighted by atomic mass is 9.82. The fraction of sp³-hybridized carbons (Fsp3) is 0.120. The molecule has 5 rings (SSSR count). The number of carbonyl (C=O) groups is 2. The number of hydrogen-bond acceptors (Lipinski definition) is 5. The lowest BCUT2D eigenvalue weighted by Gasteiger charge is -2.27. The van der Waals surface area contributed by atoms with Crippen LogP contribution in [0, 0.1) is 0 Å². The van der Waals surface area contributed by atoms with Crippen molar-refractivity contribution in [1.82, 2.24) is 4.98 Å². The van der Waals surface area contributed by atoms with Gasteiger partial charge in [-0.05, 0) is 54.1 Å². The van der Waals surface area contributed by atoms with Crippen LogP contribution in [0.15, 0.2) is 66.7 Å². The molecule has 3 aromatic carbocycles. The topological polar surface area (TPSA) is 80.4 Å². The van der Waals surface area contributed by atoms with E-state index in [4.69, 9.17) is 21.1 Å². The summed E-state index contributed by atoms with van der Waals surface area (Å²) >= 11 is 6.17. The third kappa shape index (κ3) is 2.80. The van der Waals surface area contributed by atoms with Crippen LogP contribution in [0.4, 0.5) is 5.69 Å². The van der Waals surface area contributed by atoms with Gasteiger partial charge in [0.2, 0.25) is 11.3 Å². The van der Waals surface area contributed by atoms with Crippen molar-refractivity contribution < 1.29 is 19.1 Å². The van der Waals surface area contributed by atoms with E-state index in [0.717, 1.165) is 16.5 Å². The lowest BCUT2D eigenvalue weighted by molar-refractivity contribution is -0.144. The van der Waals surface area contributed by atoms with Crippen LogP contribution >= 0.6 is 11.6 Å². The Kier molecular flexibility index (Phi) is 4.68. The van der Waals surface area contributed by atoms with Crippen LogP contribution in [0.5, 0.6) is 5.75 Å². The predicted molar refractivity (Wildman–Crippen MR) is 123 cm³/mol. The van der Waals surface area contributed by atoms with Gasteiger partial charge in [0.05, 0.1) is 19.9 Å². The van der Waals surface area contributed by atoms with Gasteiger partial charge in [0.1, 0.15) is 5.75 Å². The van der Waals surface area contributed by atoms with E-state index < -0.39 is 17.3 Å². The van der Waals surface area contributed by atoms with Crippen molar-refractivity contribution in [3.63, 3.8) is 0 Å². The summed E-state index contributed by atoms with van der Waals surface area (Å²) in [5.41, 5.74) is 1.83. The smallest absolute Gasteiger partial charge is 0.344 e. The van der Waals surface area contributed by atoms with Crippen molar-refractivity contribution in [3.8, 4) is 17.0 Å². The Labute approximate surface area is 189 Å². The number of benzene rings is 3. The molecule has 0 fully saturated rings. The molecule has 0 amide bonds. The van der Waals surface area contributed by atoms with Gasteiger partial charge < -0.3 is 19.8 Å². The second-order valence-electron chi connectivity index (χ2n) is 7.53. The molecule has 1 aliphatic heterocycles. The number of nitrogens with one attached hydrogen (secondary N) is 2. The Morgan fingerprint density at radius 2 is 1.75 bits per heavy atom. The molecule has 0 radical (unpaired) electrons. The predicted octanol–water partition coefficient (Wildman–Crippen LogP) is 5.17. The molecule has 4 aromatic rings. The van der Waals surface area contributed by atoms with Crippen molar-refractivity contribution in [2.24, 2.45) is 0 Å². The van der Waals surface area contributed by atoms with Crippen molar-refractivity contribution in [2.75, 3.05) is 19.5 Å². The largest absolute Gasteiger partial charge is 0.497 e. The van der Waals surface area contributed by atoms with E-state index in [0.29, 0.717) is 33.3 Å². The van der Waals surface area contributed by atoms with Gasteiger partial charge in [-0.2, -0.15) is 0 Å². The Balaban J connectivity index is 1.83. The van der Waals surface area contributed by atoms with E-state index in [2.05, 4.69) is 10.3 Å². The number of ketones is 1. The molecule has 2 heterocycles. The molecular weight excluding hydrogens is 428 g/mol. The molecule has 7 heteroatoms. The molecule has 1 aromatic heterocycles. The average Bonchev–Trinajstić information content (AvgIpc) is 3.34. The summed E-state index contributed by atoms with van der Waals surface area (Å²) in [7, 11) is 2.87. The molecule has 1 unspecified atom stereocenters. The van der Waals surface area contributed by atoms with Gasteiger partial charge in [-0.15, -0.1) is 0 Å². The number of aromatic amines is 1. The first-order valence-corrected chi connectivity index (χ1v) is 10.3. The minimum absolute atomic E-state index is 0.380. The Morgan fingerprint density at radius 1 is 1.00 bits per heavy atom. The van der Waals surface area contributed by atoms with Gasteiger partial charge in [0.15, 0.2) is 0 Å². The number of carbonyl (C=O) groups excluding carboxylic acids is 2. The number of para-hydroxylation sites is 1. The highest BCUT2D eigenvalue weighted by Gasteiger charge is 2.56. The molecule has 0 saturated heterocycles. The fourth-order valence-corrected chi connectivity index (χ4v) is 4.53. The zero-order valence-corrected chi connectivity index (χ0v) is 18.1. The number of halogens is 1. The summed E-state index contributed by atoms with van der Waals surface area (Å²) in [6.07, 6.45) is 0. The number of fused-ring (bicyclic) bond motifs is 2. The van der Waals surface area contributed by atoms with Crippen LogP contribution in [0.2, 0.25) is 5.02 Å². The average molecular weight is 447 g/mol. The third-order valence-electron chi connectivity index (χ3n) is 5.84. The highest BCUT2D eigenvalue weighted by Crippen LogP contribution is 2.47. The quantitative estimate of drug-likeness (QED) is 0.334. The van der Waals surface area contributed by atoms with Crippen LogP contribution in [0.25, 0.3) is 22.2 Å². The summed E-state index contributed by atoms with van der Waals surface area (Å²) in [4.78, 5) is 30.6. The molecule has 0 aliphatic carbocycles. The number of Topliss-reactive ketones (excluding diaryl/α,β-unsaturated/α-hetero) is 1. The van der Waals surface area contributed by atoms with Crippen LogP contribution in [-0.2, 0) is 15.1 Å².